The number of alkyl halides is 6. The average Bonchev–Trinajstić information content (AvgIpc) is 2.83. The number of halogens is 6. The molecule has 208 valence electrons. The molecule has 2 aromatic carbocycles. The van der Waals surface area contributed by atoms with Crippen LogP contribution < -0.4 is 14.8 Å². The van der Waals surface area contributed by atoms with Crippen LogP contribution in [0, 0.1) is 0 Å². The van der Waals surface area contributed by atoms with Crippen LogP contribution in [-0.4, -0.2) is 80.3 Å². The second kappa shape index (κ2) is 10.9. The topological polar surface area (TPSA) is 57.3 Å². The highest BCUT2D eigenvalue weighted by Gasteiger charge is 2.39. The minimum absolute atomic E-state index is 0.0275. The first-order valence-corrected chi connectivity index (χ1v) is 11.9. The number of nitrogens with one attached hydrogen (secondary N) is 1. The van der Waals surface area contributed by atoms with Gasteiger partial charge in [0.1, 0.15) is 11.5 Å². The molecule has 2 heterocycles. The van der Waals surface area contributed by atoms with Gasteiger partial charge in [-0.25, -0.2) is 4.79 Å². The zero-order chi connectivity index (χ0) is 27.7. The van der Waals surface area contributed by atoms with E-state index in [2.05, 4.69) is 15.1 Å². The van der Waals surface area contributed by atoms with Crippen LogP contribution in [0.1, 0.15) is 16.7 Å². The average molecular weight is 547 g/mol. The Kier molecular flexibility index (Phi) is 7.98. The van der Waals surface area contributed by atoms with Crippen molar-refractivity contribution in [1.29, 1.82) is 0 Å². The molecule has 2 aliphatic rings. The monoisotopic (exact) mass is 546 g/mol. The van der Waals surface area contributed by atoms with E-state index in [1.807, 2.05) is 18.2 Å². The summed E-state index contributed by atoms with van der Waals surface area (Å²) in [7, 11) is 3.20. The number of likely N-dealkylation sites (tertiary alicyclic amines) is 1. The molecule has 0 radical (unpaired) electrons. The minimum atomic E-state index is -4.98. The fraction of sp³-hybridized carbons (Fsp3) is 0.480. The number of ether oxygens (including phenoxy) is 2. The van der Waals surface area contributed by atoms with E-state index >= 15 is 0 Å². The number of carbonyl (C=O) groups excluding carboxylic acids is 1. The van der Waals surface area contributed by atoms with Crippen molar-refractivity contribution in [3.63, 3.8) is 0 Å². The van der Waals surface area contributed by atoms with Crippen molar-refractivity contribution >= 4 is 11.7 Å². The lowest BCUT2D eigenvalue weighted by Crippen LogP contribution is -2.64. The van der Waals surface area contributed by atoms with Crippen molar-refractivity contribution in [2.75, 3.05) is 58.8 Å². The molecule has 2 saturated heterocycles. The van der Waals surface area contributed by atoms with Gasteiger partial charge in [0.2, 0.25) is 0 Å². The summed E-state index contributed by atoms with van der Waals surface area (Å²) in [5, 5.41) is 2.19. The molecular formula is C25H28F6N4O3. The summed E-state index contributed by atoms with van der Waals surface area (Å²) >= 11 is 0. The predicted molar refractivity (Wildman–Crippen MR) is 127 cm³/mol. The predicted octanol–water partition coefficient (Wildman–Crippen LogP) is 4.78. The molecule has 13 heteroatoms. The van der Waals surface area contributed by atoms with Gasteiger partial charge in [-0.15, -0.1) is 0 Å². The molecule has 4 rings (SSSR count). The molecule has 1 N–H and O–H groups in total. The van der Waals surface area contributed by atoms with Gasteiger partial charge in [0.05, 0.1) is 25.3 Å². The van der Waals surface area contributed by atoms with Crippen molar-refractivity contribution < 1.29 is 40.6 Å². The zero-order valence-corrected chi connectivity index (χ0v) is 20.8. The van der Waals surface area contributed by atoms with Gasteiger partial charge >= 0.3 is 18.4 Å². The van der Waals surface area contributed by atoms with Crippen molar-refractivity contribution in [2.45, 2.75) is 24.9 Å². The van der Waals surface area contributed by atoms with Crippen molar-refractivity contribution in [2.24, 2.45) is 0 Å². The number of rotatable bonds is 6. The van der Waals surface area contributed by atoms with Crippen molar-refractivity contribution in [3.8, 4) is 11.5 Å². The number of carbonyl (C=O) groups is 1. The molecule has 0 bridgehead atoms. The Balaban J connectivity index is 1.28. The molecule has 0 aromatic heterocycles. The molecular weight excluding hydrogens is 518 g/mol. The van der Waals surface area contributed by atoms with Crippen LogP contribution >= 0.6 is 0 Å². The minimum Gasteiger partial charge on any atom is -0.497 e. The number of methoxy groups -OCH3 is 2. The third-order valence-electron chi connectivity index (χ3n) is 6.80. The van der Waals surface area contributed by atoms with Gasteiger partial charge in [0.15, 0.2) is 0 Å². The summed E-state index contributed by atoms with van der Waals surface area (Å²) in [6, 6.07) is 6.05. The number of piperazine rings is 1. The van der Waals surface area contributed by atoms with Crippen LogP contribution in [0.25, 0.3) is 0 Å². The molecule has 0 unspecified atom stereocenters. The van der Waals surface area contributed by atoms with Gasteiger partial charge in [0.25, 0.3) is 0 Å². The SMILES string of the molecule is COc1ccc(CN2CCN(C3CN(C(=O)Nc4cc(C(F)(F)F)cc(C(F)(F)F)c4)C3)CC2)c(OC)c1. The lowest BCUT2D eigenvalue weighted by atomic mass is 10.1. The lowest BCUT2D eigenvalue weighted by molar-refractivity contribution is -0.143. The van der Waals surface area contributed by atoms with Crippen LogP contribution in [0.5, 0.6) is 11.5 Å². The van der Waals surface area contributed by atoms with Crippen LogP contribution in [-0.2, 0) is 18.9 Å². The standard InChI is InChI=1S/C25H28F6N4O3/c1-37-21-4-3-16(22(12-21)38-2)13-33-5-7-34(8-6-33)20-14-35(15-20)23(36)32-19-10-17(24(26,27)28)9-18(11-19)25(29,30)31/h3-4,9-12,20H,5-8,13-15H2,1-2H3,(H,32,36). The maximum Gasteiger partial charge on any atom is 0.416 e. The van der Waals surface area contributed by atoms with Crippen molar-refractivity contribution in [3.05, 3.63) is 53.1 Å². The molecule has 0 atom stereocenters. The van der Waals surface area contributed by atoms with E-state index in [4.69, 9.17) is 9.47 Å². The summed E-state index contributed by atoms with van der Waals surface area (Å²) in [5.41, 5.74) is -2.47. The van der Waals surface area contributed by atoms with E-state index in [0.29, 0.717) is 37.5 Å². The van der Waals surface area contributed by atoms with E-state index in [9.17, 15) is 31.1 Å². The van der Waals surface area contributed by atoms with Gasteiger partial charge in [-0.3, -0.25) is 9.80 Å². The molecule has 0 saturated carbocycles. The Labute approximate surface area is 215 Å². The van der Waals surface area contributed by atoms with Gasteiger partial charge in [-0.1, -0.05) is 6.07 Å². The third kappa shape index (κ3) is 6.44. The molecule has 7 nitrogen and oxygen atoms in total. The largest absolute Gasteiger partial charge is 0.497 e. The Morgan fingerprint density at radius 2 is 1.50 bits per heavy atom. The Morgan fingerprint density at radius 1 is 0.895 bits per heavy atom. The number of amides is 2. The molecule has 2 amide bonds. The van der Waals surface area contributed by atoms with Gasteiger partial charge in [0, 0.05) is 69.2 Å². The summed E-state index contributed by atoms with van der Waals surface area (Å²) < 4.78 is 89.1. The molecule has 2 aliphatic heterocycles. The second-order valence-corrected chi connectivity index (χ2v) is 9.27. The molecule has 0 aliphatic carbocycles. The Hall–Kier alpha value is -3.19. The summed E-state index contributed by atoms with van der Waals surface area (Å²) in [6.07, 6.45) is -9.97. The van der Waals surface area contributed by atoms with Crippen LogP contribution in [0.3, 0.4) is 0 Å². The summed E-state index contributed by atoms with van der Waals surface area (Å²) in [4.78, 5) is 18.4. The van der Waals surface area contributed by atoms with E-state index < -0.39 is 35.2 Å². The number of hydrogen-bond donors (Lipinski definition) is 1. The summed E-state index contributed by atoms with van der Waals surface area (Å²) in [5.74, 6) is 1.46. The third-order valence-corrected chi connectivity index (χ3v) is 6.80. The first-order valence-electron chi connectivity index (χ1n) is 11.9. The van der Waals surface area contributed by atoms with E-state index in [1.54, 1.807) is 14.2 Å². The maximum atomic E-state index is 13.1. The number of benzene rings is 2. The van der Waals surface area contributed by atoms with Crippen LogP contribution in [0.2, 0.25) is 0 Å². The van der Waals surface area contributed by atoms with Crippen LogP contribution in [0.15, 0.2) is 36.4 Å². The normalized spacial score (nSPS) is 17.7. The second-order valence-electron chi connectivity index (χ2n) is 9.27. The van der Waals surface area contributed by atoms with Crippen molar-refractivity contribution in [1.82, 2.24) is 14.7 Å². The Morgan fingerprint density at radius 3 is 2.03 bits per heavy atom. The first kappa shape index (κ1) is 27.8. The zero-order valence-electron chi connectivity index (χ0n) is 20.8. The molecule has 38 heavy (non-hydrogen) atoms. The fourth-order valence-electron chi connectivity index (χ4n) is 4.59. The quantitative estimate of drug-likeness (QED) is 0.529. The van der Waals surface area contributed by atoms with Gasteiger partial charge in [-0.2, -0.15) is 26.3 Å². The number of hydrogen-bond acceptors (Lipinski definition) is 5. The lowest BCUT2D eigenvalue weighted by Gasteiger charge is -2.48. The van der Waals surface area contributed by atoms with E-state index in [1.165, 1.54) is 4.90 Å². The van der Waals surface area contributed by atoms with E-state index in [0.717, 1.165) is 37.5 Å². The maximum absolute atomic E-state index is 13.1. The van der Waals surface area contributed by atoms with Gasteiger partial charge in [-0.05, 0) is 24.3 Å². The number of anilines is 1. The van der Waals surface area contributed by atoms with Gasteiger partial charge < -0.3 is 19.7 Å². The molecule has 0 spiro atoms. The summed E-state index contributed by atoms with van der Waals surface area (Å²) in [6.45, 7) is 4.50. The fourth-order valence-corrected chi connectivity index (χ4v) is 4.59. The number of nitrogens with zero attached hydrogens (tertiary/aromatic N) is 3. The highest BCUT2D eigenvalue weighted by atomic mass is 19.4. The Bertz CT molecular complexity index is 1110. The molecule has 2 fully saturated rings. The van der Waals surface area contributed by atoms with Crippen LogP contribution in [0.4, 0.5) is 36.8 Å². The molecule has 2 aromatic rings. The smallest absolute Gasteiger partial charge is 0.416 e. The number of urea groups is 1. The highest BCUT2D eigenvalue weighted by Crippen LogP contribution is 2.37. The first-order chi connectivity index (χ1) is 17.9. The highest BCUT2D eigenvalue weighted by molar-refractivity contribution is 5.90. The van der Waals surface area contributed by atoms with E-state index in [-0.39, 0.29) is 12.1 Å².